The highest BCUT2D eigenvalue weighted by atomic mass is 16.5. The van der Waals surface area contributed by atoms with E-state index in [1.807, 2.05) is 36.1 Å². The molecule has 1 aromatic rings. The number of hydrogen-bond acceptors (Lipinski definition) is 4. The first-order chi connectivity index (χ1) is 9.52. The van der Waals surface area contributed by atoms with Gasteiger partial charge >= 0.3 is 5.97 Å². The number of carbonyl (C=O) groups is 2. The van der Waals surface area contributed by atoms with E-state index < -0.39 is 0 Å². The molecule has 1 saturated heterocycles. The van der Waals surface area contributed by atoms with Crippen LogP contribution in [-0.4, -0.2) is 43.5 Å². The molecule has 1 unspecified atom stereocenters. The topological polar surface area (TPSA) is 72.6 Å². The van der Waals surface area contributed by atoms with Crippen molar-refractivity contribution in [3.63, 3.8) is 0 Å². The Kier molecular flexibility index (Phi) is 4.39. The van der Waals surface area contributed by atoms with Gasteiger partial charge in [-0.25, -0.2) is 0 Å². The van der Waals surface area contributed by atoms with Crippen LogP contribution in [0.1, 0.15) is 17.0 Å². The number of esters is 1. The van der Waals surface area contributed by atoms with Gasteiger partial charge in [-0.05, 0) is 18.1 Å². The van der Waals surface area contributed by atoms with Gasteiger partial charge in [0.25, 0.3) is 0 Å². The Balaban J connectivity index is 2.26. The molecule has 0 spiro atoms. The zero-order chi connectivity index (χ0) is 14.7. The van der Waals surface area contributed by atoms with Crippen LogP contribution in [0.4, 0.5) is 0 Å². The maximum absolute atomic E-state index is 12.0. The van der Waals surface area contributed by atoms with E-state index in [0.29, 0.717) is 13.1 Å². The first kappa shape index (κ1) is 14.5. The highest BCUT2D eigenvalue weighted by Gasteiger charge is 2.39. The van der Waals surface area contributed by atoms with Gasteiger partial charge in [-0.1, -0.05) is 24.3 Å². The molecule has 0 radical (unpaired) electrons. The third kappa shape index (κ3) is 2.99. The van der Waals surface area contributed by atoms with E-state index in [1.54, 1.807) is 0 Å². The summed E-state index contributed by atoms with van der Waals surface area (Å²) in [5.41, 5.74) is 7.52. The lowest BCUT2D eigenvalue weighted by Crippen LogP contribution is -2.32. The van der Waals surface area contributed by atoms with E-state index >= 15 is 0 Å². The summed E-state index contributed by atoms with van der Waals surface area (Å²) in [6.07, 6.45) is 0. The minimum atomic E-state index is -0.376. The molecule has 1 amide bonds. The van der Waals surface area contributed by atoms with Gasteiger partial charge in [-0.2, -0.15) is 0 Å². The zero-order valence-electron chi connectivity index (χ0n) is 11.8. The summed E-state index contributed by atoms with van der Waals surface area (Å²) >= 11 is 0. The first-order valence-electron chi connectivity index (χ1n) is 6.67. The third-order valence-electron chi connectivity index (χ3n) is 3.87. The van der Waals surface area contributed by atoms with Gasteiger partial charge < -0.3 is 10.5 Å². The minimum Gasteiger partial charge on any atom is -0.469 e. The van der Waals surface area contributed by atoms with Gasteiger partial charge in [0, 0.05) is 19.0 Å². The van der Waals surface area contributed by atoms with E-state index in [9.17, 15) is 9.59 Å². The van der Waals surface area contributed by atoms with Crippen molar-refractivity contribution in [2.45, 2.75) is 12.8 Å². The molecule has 0 aliphatic carbocycles. The van der Waals surface area contributed by atoms with Crippen LogP contribution in [0.2, 0.25) is 0 Å². The summed E-state index contributed by atoms with van der Waals surface area (Å²) in [6, 6.07) is 8.00. The van der Waals surface area contributed by atoms with Crippen LogP contribution >= 0.6 is 0 Å². The van der Waals surface area contributed by atoms with E-state index in [2.05, 4.69) is 0 Å². The van der Waals surface area contributed by atoms with Crippen LogP contribution < -0.4 is 5.73 Å². The van der Waals surface area contributed by atoms with Crippen molar-refractivity contribution in [3.05, 3.63) is 35.4 Å². The molecule has 1 fully saturated rings. The van der Waals surface area contributed by atoms with Crippen LogP contribution in [0, 0.1) is 12.8 Å². The molecular weight excluding hydrogens is 256 g/mol. The predicted octanol–water partition coefficient (Wildman–Crippen LogP) is 0.669. The molecule has 1 aliphatic rings. The van der Waals surface area contributed by atoms with Gasteiger partial charge in [0.05, 0.1) is 19.6 Å². The van der Waals surface area contributed by atoms with Gasteiger partial charge in [0.15, 0.2) is 0 Å². The molecule has 20 heavy (non-hydrogen) atoms. The van der Waals surface area contributed by atoms with Crippen molar-refractivity contribution in [1.82, 2.24) is 4.90 Å². The molecule has 1 aromatic carbocycles. The largest absolute Gasteiger partial charge is 0.469 e. The number of rotatable bonds is 4. The number of hydrogen-bond donors (Lipinski definition) is 1. The predicted molar refractivity (Wildman–Crippen MR) is 75.1 cm³/mol. The van der Waals surface area contributed by atoms with Crippen molar-refractivity contribution >= 4 is 11.9 Å². The van der Waals surface area contributed by atoms with E-state index in [4.69, 9.17) is 10.5 Å². The van der Waals surface area contributed by atoms with Crippen molar-refractivity contribution in [3.8, 4) is 0 Å². The normalized spacial score (nSPS) is 22.7. The van der Waals surface area contributed by atoms with Crippen LogP contribution in [0.15, 0.2) is 24.3 Å². The number of aryl methyl sites for hydroxylation is 1. The van der Waals surface area contributed by atoms with Crippen molar-refractivity contribution in [2.75, 3.05) is 26.7 Å². The molecule has 0 saturated carbocycles. The number of carbonyl (C=O) groups excluding carboxylic acids is 2. The number of nitrogens with two attached hydrogens (primary N) is 1. The molecular formula is C15H20N2O3. The lowest BCUT2D eigenvalue weighted by atomic mass is 9.86. The standard InChI is InChI=1S/C15H20N2O3/c1-10-5-3-4-6-11(10)12-7-17(9-14(16)18)8-13(12)15(19)20-2/h3-6,12-13H,7-9H2,1-2H3,(H2,16,18)/t12-,13?/m1/s1. The fourth-order valence-corrected chi connectivity index (χ4v) is 2.94. The Labute approximate surface area is 118 Å². The monoisotopic (exact) mass is 276 g/mol. The molecule has 108 valence electrons. The number of methoxy groups -OCH3 is 1. The number of primary amides is 1. The van der Waals surface area contributed by atoms with Crippen molar-refractivity contribution in [2.24, 2.45) is 11.7 Å². The van der Waals surface area contributed by atoms with Gasteiger partial charge in [0.1, 0.15) is 0 Å². The van der Waals surface area contributed by atoms with E-state index in [1.165, 1.54) is 7.11 Å². The van der Waals surface area contributed by atoms with Gasteiger partial charge in [0.2, 0.25) is 5.91 Å². The Morgan fingerprint density at radius 1 is 1.35 bits per heavy atom. The summed E-state index contributed by atoms with van der Waals surface area (Å²) < 4.78 is 4.90. The Hall–Kier alpha value is -1.88. The summed E-state index contributed by atoms with van der Waals surface area (Å²) in [4.78, 5) is 25.0. The summed E-state index contributed by atoms with van der Waals surface area (Å²) in [5, 5.41) is 0. The molecule has 0 aromatic heterocycles. The molecule has 2 atom stereocenters. The fraction of sp³-hybridized carbons (Fsp3) is 0.467. The van der Waals surface area contributed by atoms with Crippen molar-refractivity contribution in [1.29, 1.82) is 0 Å². The maximum atomic E-state index is 12.0. The highest BCUT2D eigenvalue weighted by Crippen LogP contribution is 2.34. The molecule has 2 rings (SSSR count). The van der Waals surface area contributed by atoms with Crippen LogP contribution in [0.3, 0.4) is 0 Å². The average Bonchev–Trinajstić information content (AvgIpc) is 2.81. The Bertz CT molecular complexity index is 516. The quantitative estimate of drug-likeness (QED) is 0.820. The van der Waals surface area contributed by atoms with Crippen molar-refractivity contribution < 1.29 is 14.3 Å². The number of likely N-dealkylation sites (tertiary alicyclic amines) is 1. The molecule has 5 nitrogen and oxygen atoms in total. The molecule has 1 heterocycles. The summed E-state index contributed by atoms with van der Waals surface area (Å²) in [6.45, 7) is 3.36. The number of ether oxygens (including phenoxy) is 1. The van der Waals surface area contributed by atoms with E-state index in [-0.39, 0.29) is 30.3 Å². The second-order valence-electron chi connectivity index (χ2n) is 5.25. The Morgan fingerprint density at radius 3 is 2.65 bits per heavy atom. The van der Waals surface area contributed by atoms with E-state index in [0.717, 1.165) is 11.1 Å². The Morgan fingerprint density at radius 2 is 2.05 bits per heavy atom. The zero-order valence-corrected chi connectivity index (χ0v) is 11.8. The van der Waals surface area contributed by atoms with Crippen LogP contribution in [-0.2, 0) is 14.3 Å². The van der Waals surface area contributed by atoms with Gasteiger partial charge in [-0.3, -0.25) is 14.5 Å². The van der Waals surface area contributed by atoms with Crippen LogP contribution in [0.25, 0.3) is 0 Å². The first-order valence-corrected chi connectivity index (χ1v) is 6.67. The number of amides is 1. The molecule has 2 N–H and O–H groups in total. The van der Waals surface area contributed by atoms with Crippen LogP contribution in [0.5, 0.6) is 0 Å². The lowest BCUT2D eigenvalue weighted by molar-refractivity contribution is -0.145. The number of nitrogens with zero attached hydrogens (tertiary/aromatic N) is 1. The third-order valence-corrected chi connectivity index (χ3v) is 3.87. The average molecular weight is 276 g/mol. The lowest BCUT2D eigenvalue weighted by Gasteiger charge is -2.18. The SMILES string of the molecule is COC(=O)C1CN(CC(N)=O)C[C@@H]1c1ccccc1C. The minimum absolute atomic E-state index is 0.0444. The van der Waals surface area contributed by atoms with Gasteiger partial charge in [-0.15, -0.1) is 0 Å². The maximum Gasteiger partial charge on any atom is 0.310 e. The molecule has 1 aliphatic heterocycles. The highest BCUT2D eigenvalue weighted by molar-refractivity contribution is 5.77. The summed E-state index contributed by atoms with van der Waals surface area (Å²) in [5.74, 6) is -0.812. The molecule has 0 bridgehead atoms. The second kappa shape index (κ2) is 6.05. The fourth-order valence-electron chi connectivity index (χ4n) is 2.94. The number of benzene rings is 1. The molecule has 5 heteroatoms. The smallest absolute Gasteiger partial charge is 0.310 e. The second-order valence-corrected chi connectivity index (χ2v) is 5.25. The summed E-state index contributed by atoms with van der Waals surface area (Å²) in [7, 11) is 1.40.